The molecule has 106 valence electrons. The summed E-state index contributed by atoms with van der Waals surface area (Å²) in [4.78, 5) is 4.19. The molecule has 2 atom stereocenters. The maximum absolute atomic E-state index is 6.36. The van der Waals surface area contributed by atoms with Crippen molar-refractivity contribution >= 4 is 6.21 Å². The molecule has 0 aromatic heterocycles. The summed E-state index contributed by atoms with van der Waals surface area (Å²) in [6.45, 7) is 0. The number of aliphatic imine (C=N–C) groups is 1. The Bertz CT molecular complexity index is 659. The van der Waals surface area contributed by atoms with Crippen molar-refractivity contribution in [3.63, 3.8) is 0 Å². The monoisotopic (exact) mass is 277 g/mol. The third-order valence-corrected chi connectivity index (χ3v) is 3.86. The van der Waals surface area contributed by atoms with Gasteiger partial charge in [-0.05, 0) is 29.2 Å². The average Bonchev–Trinajstić information content (AvgIpc) is 2.52. The molecule has 1 aliphatic heterocycles. The zero-order valence-corrected chi connectivity index (χ0v) is 11.8. The first-order valence-electron chi connectivity index (χ1n) is 7.07. The van der Waals surface area contributed by atoms with Crippen LogP contribution >= 0.6 is 0 Å². The van der Waals surface area contributed by atoms with E-state index in [4.69, 9.17) is 11.5 Å². The lowest BCUT2D eigenvalue weighted by atomic mass is 9.87. The molecule has 0 spiro atoms. The van der Waals surface area contributed by atoms with E-state index < -0.39 is 11.7 Å². The normalized spacial score (nSPS) is 24.2. The molecule has 0 amide bonds. The van der Waals surface area contributed by atoms with Crippen molar-refractivity contribution in [2.75, 3.05) is 0 Å². The summed E-state index contributed by atoms with van der Waals surface area (Å²) in [5.41, 5.74) is 15.3. The fourth-order valence-electron chi connectivity index (χ4n) is 2.56. The van der Waals surface area contributed by atoms with E-state index in [1.807, 2.05) is 30.4 Å². The highest BCUT2D eigenvalue weighted by Gasteiger charge is 2.30. The van der Waals surface area contributed by atoms with Gasteiger partial charge in [0, 0.05) is 6.21 Å². The van der Waals surface area contributed by atoms with Crippen LogP contribution in [0.4, 0.5) is 0 Å². The van der Waals surface area contributed by atoms with Crippen LogP contribution in [0.2, 0.25) is 0 Å². The first-order chi connectivity index (χ1) is 10.2. The van der Waals surface area contributed by atoms with Gasteiger partial charge in [-0.25, -0.2) is 0 Å². The summed E-state index contributed by atoms with van der Waals surface area (Å²) in [7, 11) is 0. The minimum Gasteiger partial charge on any atom is -0.319 e. The van der Waals surface area contributed by atoms with E-state index in [0.29, 0.717) is 6.42 Å². The van der Waals surface area contributed by atoms with E-state index in [2.05, 4.69) is 41.4 Å². The number of hydrogen-bond acceptors (Lipinski definition) is 3. The molecule has 3 heteroatoms. The molecule has 0 saturated heterocycles. The van der Waals surface area contributed by atoms with Crippen LogP contribution in [0.15, 0.2) is 71.7 Å². The topological polar surface area (TPSA) is 64.4 Å². The standard InChI is InChI=1S/C18H19N3/c19-17-18(20,11-4-12-21-17)13-14-7-9-16(10-8-14)15-5-2-1-3-6-15/h1-12,17H,13,19-20H2. The minimum atomic E-state index is -0.608. The van der Waals surface area contributed by atoms with Crippen LogP contribution in [0.3, 0.4) is 0 Å². The van der Waals surface area contributed by atoms with Crippen molar-refractivity contribution in [2.45, 2.75) is 18.1 Å². The third-order valence-electron chi connectivity index (χ3n) is 3.86. The minimum absolute atomic E-state index is 0.392. The third kappa shape index (κ3) is 2.94. The summed E-state index contributed by atoms with van der Waals surface area (Å²) in [5.74, 6) is 0. The van der Waals surface area contributed by atoms with Gasteiger partial charge in [0.2, 0.25) is 0 Å². The molecule has 1 heterocycles. The summed E-state index contributed by atoms with van der Waals surface area (Å²) < 4.78 is 0. The Hall–Kier alpha value is -2.23. The van der Waals surface area contributed by atoms with Gasteiger partial charge >= 0.3 is 0 Å². The van der Waals surface area contributed by atoms with Crippen molar-refractivity contribution in [1.82, 2.24) is 0 Å². The quantitative estimate of drug-likeness (QED) is 0.905. The van der Waals surface area contributed by atoms with Crippen LogP contribution in [0.5, 0.6) is 0 Å². The summed E-state index contributed by atoms with van der Waals surface area (Å²) in [5, 5.41) is 0. The molecular formula is C18H19N3. The summed E-state index contributed by atoms with van der Waals surface area (Å²) in [6, 6.07) is 18.8. The van der Waals surface area contributed by atoms with E-state index in [9.17, 15) is 0 Å². The Labute approximate surface area is 125 Å². The molecule has 2 aromatic carbocycles. The molecule has 4 N–H and O–H groups in total. The second kappa shape index (κ2) is 5.64. The van der Waals surface area contributed by atoms with Gasteiger partial charge in [0.25, 0.3) is 0 Å². The van der Waals surface area contributed by atoms with Crippen molar-refractivity contribution < 1.29 is 0 Å². The van der Waals surface area contributed by atoms with Gasteiger partial charge in [-0.1, -0.05) is 60.7 Å². The molecule has 0 fully saturated rings. The van der Waals surface area contributed by atoms with Crippen LogP contribution in [0, 0.1) is 0 Å². The number of nitrogens with two attached hydrogens (primary N) is 2. The zero-order valence-electron chi connectivity index (χ0n) is 11.8. The lowest BCUT2D eigenvalue weighted by Crippen LogP contribution is -2.55. The van der Waals surface area contributed by atoms with Gasteiger partial charge < -0.3 is 11.5 Å². The zero-order chi connectivity index (χ0) is 14.7. The van der Waals surface area contributed by atoms with E-state index in [1.165, 1.54) is 11.1 Å². The van der Waals surface area contributed by atoms with E-state index in [1.54, 1.807) is 6.21 Å². The van der Waals surface area contributed by atoms with Gasteiger partial charge in [0.15, 0.2) is 0 Å². The number of nitrogens with zero attached hydrogens (tertiary/aromatic N) is 1. The molecule has 0 radical (unpaired) electrons. The molecule has 3 nitrogen and oxygen atoms in total. The van der Waals surface area contributed by atoms with Crippen molar-refractivity contribution in [2.24, 2.45) is 16.5 Å². The predicted molar refractivity (Wildman–Crippen MR) is 88.1 cm³/mol. The molecule has 0 saturated carbocycles. The largest absolute Gasteiger partial charge is 0.319 e. The second-order valence-corrected chi connectivity index (χ2v) is 5.45. The van der Waals surface area contributed by atoms with Gasteiger partial charge in [-0.3, -0.25) is 4.99 Å². The average molecular weight is 277 g/mol. The molecule has 2 aromatic rings. The smallest absolute Gasteiger partial charge is 0.119 e. The maximum atomic E-state index is 6.36. The Morgan fingerprint density at radius 2 is 1.62 bits per heavy atom. The maximum Gasteiger partial charge on any atom is 0.119 e. The number of benzene rings is 2. The van der Waals surface area contributed by atoms with E-state index in [0.717, 1.165) is 5.56 Å². The van der Waals surface area contributed by atoms with Gasteiger partial charge in [0.05, 0.1) is 5.54 Å². The summed E-state index contributed by atoms with van der Waals surface area (Å²) in [6.07, 6.45) is 5.79. The van der Waals surface area contributed by atoms with Crippen LogP contribution in [0.25, 0.3) is 11.1 Å². The van der Waals surface area contributed by atoms with Gasteiger partial charge in [-0.2, -0.15) is 0 Å². The highest BCUT2D eigenvalue weighted by atomic mass is 15.0. The van der Waals surface area contributed by atoms with Crippen LogP contribution in [-0.4, -0.2) is 17.9 Å². The highest BCUT2D eigenvalue weighted by molar-refractivity contribution is 5.73. The summed E-state index contributed by atoms with van der Waals surface area (Å²) >= 11 is 0. The van der Waals surface area contributed by atoms with E-state index in [-0.39, 0.29) is 0 Å². The van der Waals surface area contributed by atoms with E-state index >= 15 is 0 Å². The van der Waals surface area contributed by atoms with Crippen molar-refractivity contribution in [3.05, 3.63) is 72.3 Å². The number of rotatable bonds is 3. The van der Waals surface area contributed by atoms with Crippen LogP contribution in [0.1, 0.15) is 5.56 Å². The van der Waals surface area contributed by atoms with Gasteiger partial charge in [-0.15, -0.1) is 0 Å². The van der Waals surface area contributed by atoms with Gasteiger partial charge in [0.1, 0.15) is 6.17 Å². The lowest BCUT2D eigenvalue weighted by Gasteiger charge is -2.31. The fourth-order valence-corrected chi connectivity index (χ4v) is 2.56. The molecule has 2 unspecified atom stereocenters. The molecule has 21 heavy (non-hydrogen) atoms. The first kappa shape index (κ1) is 13.7. The van der Waals surface area contributed by atoms with Crippen LogP contribution < -0.4 is 11.5 Å². The predicted octanol–water partition coefficient (Wildman–Crippen LogP) is 2.52. The lowest BCUT2D eigenvalue weighted by molar-refractivity contribution is 0.426. The first-order valence-corrected chi connectivity index (χ1v) is 7.07. The molecule has 1 aliphatic rings. The molecule has 0 bridgehead atoms. The number of hydrogen-bond donors (Lipinski definition) is 2. The Morgan fingerprint density at radius 3 is 2.29 bits per heavy atom. The highest BCUT2D eigenvalue weighted by Crippen LogP contribution is 2.23. The molecule has 3 rings (SSSR count). The van der Waals surface area contributed by atoms with Crippen molar-refractivity contribution in [1.29, 1.82) is 0 Å². The Morgan fingerprint density at radius 1 is 0.952 bits per heavy atom. The van der Waals surface area contributed by atoms with Crippen LogP contribution in [-0.2, 0) is 6.42 Å². The second-order valence-electron chi connectivity index (χ2n) is 5.45. The Kier molecular flexibility index (Phi) is 3.69. The number of dihydropyridines is 1. The number of allylic oxidation sites excluding steroid dienone is 1. The molecular weight excluding hydrogens is 258 g/mol. The SMILES string of the molecule is NC1N=CC=CC1(N)Cc1ccc(-c2ccccc2)cc1. The molecule has 0 aliphatic carbocycles. The fraction of sp³-hybridized carbons (Fsp3) is 0.167. The Balaban J connectivity index is 1.79. The van der Waals surface area contributed by atoms with Crippen molar-refractivity contribution in [3.8, 4) is 11.1 Å².